The Morgan fingerprint density at radius 3 is 2.69 bits per heavy atom. The maximum Gasteiger partial charge on any atom is 0.407 e. The molecule has 3 heterocycles. The molecule has 1 unspecified atom stereocenters. The van der Waals surface area contributed by atoms with Crippen LogP contribution >= 0.6 is 0 Å². The summed E-state index contributed by atoms with van der Waals surface area (Å²) in [7, 11) is 2.01. The lowest BCUT2D eigenvalue weighted by molar-refractivity contribution is 0.122. The van der Waals surface area contributed by atoms with Gasteiger partial charge in [-0.2, -0.15) is 0 Å². The molecule has 2 aromatic heterocycles. The SMILES string of the molecule is Cc1cc(Nc2ncnc3ccc(N4CCN(C(=O)O)C(C)C4)cc23)ccc1Cc1ccc2c(c1)ncn2C. The van der Waals surface area contributed by atoms with Crippen molar-refractivity contribution in [2.45, 2.75) is 26.3 Å². The van der Waals surface area contributed by atoms with Gasteiger partial charge >= 0.3 is 6.09 Å². The zero-order chi connectivity index (χ0) is 27.1. The van der Waals surface area contributed by atoms with Crippen molar-refractivity contribution in [2.24, 2.45) is 7.05 Å². The van der Waals surface area contributed by atoms with E-state index in [0.717, 1.165) is 45.5 Å². The third kappa shape index (κ3) is 4.83. The van der Waals surface area contributed by atoms with Crippen molar-refractivity contribution < 1.29 is 9.90 Å². The molecule has 1 atom stereocenters. The van der Waals surface area contributed by atoms with E-state index in [1.54, 1.807) is 6.33 Å². The molecule has 0 saturated carbocycles. The number of nitrogens with zero attached hydrogens (tertiary/aromatic N) is 6. The Morgan fingerprint density at radius 2 is 1.90 bits per heavy atom. The fourth-order valence-electron chi connectivity index (χ4n) is 5.44. The molecule has 0 aliphatic carbocycles. The Balaban J connectivity index is 1.22. The normalized spacial score (nSPS) is 15.7. The number of rotatable bonds is 5. The predicted molar refractivity (Wildman–Crippen MR) is 154 cm³/mol. The standard InChI is InChI=1S/C30H31N7O2/c1-19-12-23(6-5-22(19)13-21-4-9-28-27(14-21)33-18-35(28)3)34-29-25-15-24(7-8-26(25)31-17-32-29)36-10-11-37(30(38)39)20(2)16-36/h4-9,12,14-15,17-18,20H,10-11,13,16H2,1-3H3,(H,38,39)(H,31,32,34). The zero-order valence-corrected chi connectivity index (χ0v) is 22.3. The summed E-state index contributed by atoms with van der Waals surface area (Å²) in [4.78, 5) is 28.7. The third-order valence-corrected chi connectivity index (χ3v) is 7.65. The van der Waals surface area contributed by atoms with Gasteiger partial charge in [-0.15, -0.1) is 0 Å². The Kier molecular flexibility index (Phi) is 6.26. The summed E-state index contributed by atoms with van der Waals surface area (Å²) in [5.74, 6) is 0.742. The maximum atomic E-state index is 11.5. The number of fused-ring (bicyclic) bond motifs is 2. The van der Waals surface area contributed by atoms with E-state index in [9.17, 15) is 9.90 Å². The van der Waals surface area contributed by atoms with Crippen LogP contribution in [0.1, 0.15) is 23.6 Å². The molecule has 9 nitrogen and oxygen atoms in total. The number of carbonyl (C=O) groups is 1. The van der Waals surface area contributed by atoms with Gasteiger partial charge in [0.1, 0.15) is 12.1 Å². The van der Waals surface area contributed by atoms with Crippen molar-refractivity contribution in [2.75, 3.05) is 29.9 Å². The second kappa shape index (κ2) is 9.90. The molecule has 39 heavy (non-hydrogen) atoms. The lowest BCUT2D eigenvalue weighted by Crippen LogP contribution is -2.53. The summed E-state index contributed by atoms with van der Waals surface area (Å²) in [6, 6.07) is 18.9. The van der Waals surface area contributed by atoms with Gasteiger partial charge in [-0.25, -0.2) is 19.7 Å². The van der Waals surface area contributed by atoms with Crippen molar-refractivity contribution in [3.05, 3.63) is 83.9 Å². The van der Waals surface area contributed by atoms with Gasteiger partial charge in [-0.1, -0.05) is 12.1 Å². The topological polar surface area (TPSA) is 99.4 Å². The predicted octanol–water partition coefficient (Wildman–Crippen LogP) is 5.35. The number of benzene rings is 3. The fourth-order valence-corrected chi connectivity index (χ4v) is 5.44. The fraction of sp³-hybridized carbons (Fsp3) is 0.267. The van der Waals surface area contributed by atoms with Crippen molar-refractivity contribution >= 4 is 45.2 Å². The number of amides is 1. The van der Waals surface area contributed by atoms with Crippen molar-refractivity contribution in [3.63, 3.8) is 0 Å². The van der Waals surface area contributed by atoms with E-state index < -0.39 is 6.09 Å². The van der Waals surface area contributed by atoms with Crippen molar-refractivity contribution in [1.82, 2.24) is 24.4 Å². The Morgan fingerprint density at radius 1 is 1.03 bits per heavy atom. The minimum Gasteiger partial charge on any atom is -0.465 e. The van der Waals surface area contributed by atoms with E-state index in [0.29, 0.717) is 19.6 Å². The Hall–Kier alpha value is -4.66. The number of imidazole rings is 1. The monoisotopic (exact) mass is 521 g/mol. The molecule has 0 bridgehead atoms. The van der Waals surface area contributed by atoms with Gasteiger partial charge in [0.05, 0.1) is 22.9 Å². The number of nitrogens with one attached hydrogen (secondary N) is 1. The van der Waals surface area contributed by atoms with Gasteiger partial charge in [0, 0.05) is 49.5 Å². The summed E-state index contributed by atoms with van der Waals surface area (Å²) in [5, 5.41) is 13.8. The lowest BCUT2D eigenvalue weighted by atomic mass is 9.99. The molecule has 5 aromatic rings. The van der Waals surface area contributed by atoms with Crippen LogP contribution in [0.25, 0.3) is 21.9 Å². The van der Waals surface area contributed by atoms with Gasteiger partial charge in [-0.3, -0.25) is 0 Å². The first-order valence-corrected chi connectivity index (χ1v) is 13.1. The first kappa shape index (κ1) is 24.7. The highest BCUT2D eigenvalue weighted by Gasteiger charge is 2.27. The summed E-state index contributed by atoms with van der Waals surface area (Å²) in [6.45, 7) is 5.84. The van der Waals surface area contributed by atoms with E-state index in [1.165, 1.54) is 21.6 Å². The molecule has 1 amide bonds. The quantitative estimate of drug-likeness (QED) is 0.322. The summed E-state index contributed by atoms with van der Waals surface area (Å²) >= 11 is 0. The molecule has 0 radical (unpaired) electrons. The second-order valence-electron chi connectivity index (χ2n) is 10.3. The number of hydrogen-bond acceptors (Lipinski definition) is 6. The highest BCUT2D eigenvalue weighted by molar-refractivity contribution is 5.93. The van der Waals surface area contributed by atoms with Crippen LogP contribution in [0.2, 0.25) is 0 Å². The van der Waals surface area contributed by atoms with Crippen LogP contribution in [-0.4, -0.2) is 61.3 Å². The number of hydrogen-bond donors (Lipinski definition) is 2. The molecule has 198 valence electrons. The van der Waals surface area contributed by atoms with Crippen LogP contribution in [-0.2, 0) is 13.5 Å². The summed E-state index contributed by atoms with van der Waals surface area (Å²) < 4.78 is 2.03. The molecule has 1 aliphatic heterocycles. The number of anilines is 3. The molecule has 0 spiro atoms. The van der Waals surface area contributed by atoms with Crippen LogP contribution in [0.15, 0.2) is 67.3 Å². The van der Waals surface area contributed by atoms with Gasteiger partial charge in [0.2, 0.25) is 0 Å². The van der Waals surface area contributed by atoms with Crippen molar-refractivity contribution in [3.8, 4) is 0 Å². The first-order valence-electron chi connectivity index (χ1n) is 13.1. The summed E-state index contributed by atoms with van der Waals surface area (Å²) in [6.07, 6.45) is 3.40. The first-order chi connectivity index (χ1) is 18.9. The van der Waals surface area contributed by atoms with E-state index in [-0.39, 0.29) is 6.04 Å². The minimum absolute atomic E-state index is 0.0797. The minimum atomic E-state index is -0.865. The smallest absolute Gasteiger partial charge is 0.407 e. The molecule has 1 aliphatic rings. The van der Waals surface area contributed by atoms with Crippen molar-refractivity contribution in [1.29, 1.82) is 0 Å². The molecule has 1 fully saturated rings. The Bertz CT molecular complexity index is 1700. The molecule has 9 heteroatoms. The number of aryl methyl sites for hydroxylation is 2. The highest BCUT2D eigenvalue weighted by atomic mass is 16.4. The molecule has 3 aromatic carbocycles. The third-order valence-electron chi connectivity index (χ3n) is 7.65. The van der Waals surface area contributed by atoms with Crippen LogP contribution in [0, 0.1) is 6.92 Å². The van der Waals surface area contributed by atoms with Gasteiger partial charge in [-0.05, 0) is 79.4 Å². The van der Waals surface area contributed by atoms with E-state index in [1.807, 2.05) is 37.0 Å². The molecular weight excluding hydrogens is 490 g/mol. The number of piperazine rings is 1. The lowest BCUT2D eigenvalue weighted by Gasteiger charge is -2.39. The number of carboxylic acid groups (broad SMARTS) is 1. The van der Waals surface area contributed by atoms with E-state index >= 15 is 0 Å². The average Bonchev–Trinajstić information content (AvgIpc) is 3.29. The van der Waals surface area contributed by atoms with Gasteiger partial charge in [0.15, 0.2) is 0 Å². The average molecular weight is 522 g/mol. The molecule has 1 saturated heterocycles. The summed E-state index contributed by atoms with van der Waals surface area (Å²) in [5.41, 5.74) is 8.70. The number of aromatic nitrogens is 4. The van der Waals surface area contributed by atoms with Crippen LogP contribution < -0.4 is 10.2 Å². The van der Waals surface area contributed by atoms with E-state index in [4.69, 9.17) is 0 Å². The van der Waals surface area contributed by atoms with Gasteiger partial charge in [0.25, 0.3) is 0 Å². The van der Waals surface area contributed by atoms with Crippen LogP contribution in [0.4, 0.5) is 22.0 Å². The van der Waals surface area contributed by atoms with Gasteiger partial charge < -0.3 is 24.8 Å². The second-order valence-corrected chi connectivity index (χ2v) is 10.3. The Labute approximate surface area is 226 Å². The molecule has 2 N–H and O–H groups in total. The van der Waals surface area contributed by atoms with E-state index in [2.05, 4.69) is 74.6 Å². The largest absolute Gasteiger partial charge is 0.465 e. The maximum absolute atomic E-state index is 11.5. The van der Waals surface area contributed by atoms with Crippen LogP contribution in [0.3, 0.4) is 0 Å². The molecule has 6 rings (SSSR count). The zero-order valence-electron chi connectivity index (χ0n) is 22.3. The molecular formula is C30H31N7O2. The highest BCUT2D eigenvalue weighted by Crippen LogP contribution is 2.30. The van der Waals surface area contributed by atoms with Crippen LogP contribution in [0.5, 0.6) is 0 Å².